The van der Waals surface area contributed by atoms with Crippen molar-refractivity contribution in [1.82, 2.24) is 24.6 Å². The van der Waals surface area contributed by atoms with E-state index in [0.29, 0.717) is 11.2 Å². The van der Waals surface area contributed by atoms with E-state index in [1.807, 2.05) is 0 Å². The van der Waals surface area contributed by atoms with Gasteiger partial charge in [-0.3, -0.25) is 14.1 Å². The molecular weight excluding hydrogens is 477 g/mol. The van der Waals surface area contributed by atoms with E-state index in [0.717, 1.165) is 0 Å². The normalized spacial score (nSPS) is 22.6. The monoisotopic (exact) mass is 503 g/mol. The van der Waals surface area contributed by atoms with E-state index in [9.17, 15) is 19.3 Å². The van der Waals surface area contributed by atoms with Gasteiger partial charge >= 0.3 is 13.7 Å². The summed E-state index contributed by atoms with van der Waals surface area (Å²) in [5, 5.41) is 13.3. The third-order valence-electron chi connectivity index (χ3n) is 5.83. The first-order valence-corrected chi connectivity index (χ1v) is 12.4. The van der Waals surface area contributed by atoms with Gasteiger partial charge in [0.2, 0.25) is 0 Å². The Morgan fingerprint density at radius 1 is 1.37 bits per heavy atom. The zero-order valence-corrected chi connectivity index (χ0v) is 20.1. The average Bonchev–Trinajstić information content (AvgIpc) is 3.39. The number of hydrogen-bond donors (Lipinski definition) is 3. The van der Waals surface area contributed by atoms with Gasteiger partial charge in [-0.25, -0.2) is 14.5 Å². The Morgan fingerprint density at radius 2 is 2.11 bits per heavy atom. The molecule has 0 bridgehead atoms. The molecule has 4 rings (SSSR count). The molecule has 0 aliphatic heterocycles. The van der Waals surface area contributed by atoms with E-state index in [2.05, 4.69) is 26.6 Å². The van der Waals surface area contributed by atoms with Crippen LogP contribution in [0.15, 0.2) is 59.9 Å². The number of methoxy groups -OCH3 is 1. The predicted octanol–water partition coefficient (Wildman–Crippen LogP) is 1.95. The maximum Gasteiger partial charge on any atom is 0.459 e. The number of nitrogens with zero attached hydrogens (tertiary/aromatic N) is 3. The number of aromatic nitrogens is 4. The first kappa shape index (κ1) is 24.8. The molecule has 1 aliphatic rings. The molecule has 3 aromatic rings. The van der Waals surface area contributed by atoms with Crippen molar-refractivity contribution >= 4 is 24.9 Å². The highest BCUT2D eigenvalue weighted by Gasteiger charge is 2.41. The van der Waals surface area contributed by atoms with E-state index < -0.39 is 37.8 Å². The van der Waals surface area contributed by atoms with Crippen LogP contribution in [0.2, 0.25) is 0 Å². The van der Waals surface area contributed by atoms with Gasteiger partial charge in [0.05, 0.1) is 38.5 Å². The van der Waals surface area contributed by atoms with Crippen LogP contribution in [0.5, 0.6) is 5.75 Å². The molecule has 1 fully saturated rings. The van der Waals surface area contributed by atoms with Crippen LogP contribution >= 0.6 is 7.75 Å². The molecule has 1 aromatic carbocycles. The molecule has 0 saturated heterocycles. The van der Waals surface area contributed by atoms with Crippen molar-refractivity contribution in [3.8, 4) is 5.75 Å². The summed E-state index contributed by atoms with van der Waals surface area (Å²) < 4.78 is 31.2. The molecule has 35 heavy (non-hydrogen) atoms. The number of hydrogen-bond acceptors (Lipinski definition) is 9. The first-order valence-electron chi connectivity index (χ1n) is 10.8. The Bertz CT molecular complexity index is 1320. The maximum atomic E-state index is 13.6. The molecule has 1 aliphatic carbocycles. The summed E-state index contributed by atoms with van der Waals surface area (Å²) in [6, 6.07) is 6.97. The topological polar surface area (TPSA) is 158 Å². The molecule has 2 heterocycles. The fourth-order valence-corrected chi connectivity index (χ4v) is 5.51. The highest BCUT2D eigenvalue weighted by Crippen LogP contribution is 2.48. The number of carbonyl (C=O) groups is 1. The number of fused-ring (bicyclic) bond motifs is 1. The quantitative estimate of drug-likeness (QED) is 0.224. The smallest absolute Gasteiger partial charge is 0.459 e. The summed E-state index contributed by atoms with van der Waals surface area (Å²) in [5.74, 6) is -0.988. The first-order chi connectivity index (χ1) is 16.7. The minimum absolute atomic E-state index is 0.177. The summed E-state index contributed by atoms with van der Waals surface area (Å²) in [7, 11) is -2.86. The van der Waals surface area contributed by atoms with Crippen molar-refractivity contribution in [2.24, 2.45) is 5.92 Å². The Morgan fingerprint density at radius 3 is 2.83 bits per heavy atom. The number of H-pyrrole nitrogens is 1. The van der Waals surface area contributed by atoms with Gasteiger partial charge in [-0.1, -0.05) is 24.8 Å². The largest absolute Gasteiger partial charge is 0.468 e. The summed E-state index contributed by atoms with van der Waals surface area (Å²) in [6.07, 6.45) is 2.14. The number of rotatable bonds is 9. The van der Waals surface area contributed by atoms with Crippen LogP contribution in [0.25, 0.3) is 11.2 Å². The standard InChI is InChI=1S/C22H26N5O7P/c1-13-16(18(28)9-17(13)27-12-25-19-20(27)23-11-24-21(19)29)10-33-35(31,26-14(2)22(30)32-3)34-15-7-5-4-6-8-15/h4-8,11-12,14,16-18,28H,1,9-10H2,2-3H3,(H,26,31)(H,23,24,29)/t14-,16-,17-,18-,35?/m0/s1. The van der Waals surface area contributed by atoms with Gasteiger partial charge in [0.25, 0.3) is 5.56 Å². The third-order valence-corrected chi connectivity index (χ3v) is 7.48. The summed E-state index contributed by atoms with van der Waals surface area (Å²) in [6.45, 7) is 5.37. The summed E-state index contributed by atoms with van der Waals surface area (Å²) >= 11 is 0. The van der Waals surface area contributed by atoms with E-state index in [4.69, 9.17) is 13.8 Å². The van der Waals surface area contributed by atoms with Crippen LogP contribution in [0, 0.1) is 5.92 Å². The number of nitrogens with one attached hydrogen (secondary N) is 2. The van der Waals surface area contributed by atoms with Gasteiger partial charge in [0, 0.05) is 5.92 Å². The third kappa shape index (κ3) is 5.20. The average molecular weight is 503 g/mol. The molecule has 1 unspecified atom stereocenters. The minimum atomic E-state index is -4.08. The van der Waals surface area contributed by atoms with Crippen LogP contribution < -0.4 is 15.2 Å². The minimum Gasteiger partial charge on any atom is -0.468 e. The van der Waals surface area contributed by atoms with Crippen molar-refractivity contribution in [2.75, 3.05) is 13.7 Å². The lowest BCUT2D eigenvalue weighted by atomic mass is 10.0. The Labute approximate surface area is 200 Å². The lowest BCUT2D eigenvalue weighted by Crippen LogP contribution is -2.35. The molecule has 186 valence electrons. The highest BCUT2D eigenvalue weighted by molar-refractivity contribution is 7.52. The number of aliphatic hydroxyl groups is 1. The van der Waals surface area contributed by atoms with Crippen LogP contribution in [0.1, 0.15) is 19.4 Å². The number of esters is 1. The molecular formula is C22H26N5O7P. The molecule has 13 heteroatoms. The van der Waals surface area contributed by atoms with Gasteiger partial charge in [0.15, 0.2) is 11.2 Å². The molecule has 5 atom stereocenters. The Kier molecular flexibility index (Phi) is 7.18. The van der Waals surface area contributed by atoms with Crippen molar-refractivity contribution in [1.29, 1.82) is 0 Å². The van der Waals surface area contributed by atoms with Crippen molar-refractivity contribution in [2.45, 2.75) is 31.5 Å². The fraction of sp³-hybridized carbons (Fsp3) is 0.364. The van der Waals surface area contributed by atoms with Gasteiger partial charge < -0.3 is 23.9 Å². The Hall–Kier alpha value is -3.31. The highest BCUT2D eigenvalue weighted by atomic mass is 31.2. The lowest BCUT2D eigenvalue weighted by molar-refractivity contribution is -0.142. The van der Waals surface area contributed by atoms with Crippen LogP contribution in [0.4, 0.5) is 0 Å². The van der Waals surface area contributed by atoms with E-state index in [-0.39, 0.29) is 29.9 Å². The van der Waals surface area contributed by atoms with Gasteiger partial charge in [-0.2, -0.15) is 5.09 Å². The second-order valence-electron chi connectivity index (χ2n) is 8.13. The zero-order valence-electron chi connectivity index (χ0n) is 19.2. The maximum absolute atomic E-state index is 13.6. The molecule has 0 spiro atoms. The van der Waals surface area contributed by atoms with Gasteiger partial charge in [-0.15, -0.1) is 0 Å². The van der Waals surface area contributed by atoms with E-state index in [1.165, 1.54) is 26.7 Å². The van der Waals surface area contributed by atoms with Crippen LogP contribution in [0.3, 0.4) is 0 Å². The van der Waals surface area contributed by atoms with Crippen LogP contribution in [-0.2, 0) is 18.6 Å². The summed E-state index contributed by atoms with van der Waals surface area (Å²) in [4.78, 5) is 34.7. The number of ether oxygens (including phenoxy) is 1. The second kappa shape index (κ2) is 10.1. The summed E-state index contributed by atoms with van der Waals surface area (Å²) in [5.41, 5.74) is 0.755. The second-order valence-corrected chi connectivity index (χ2v) is 9.82. The van der Waals surface area contributed by atoms with Gasteiger partial charge in [-0.05, 0) is 31.1 Å². The lowest BCUT2D eigenvalue weighted by Gasteiger charge is -2.25. The number of para-hydroxylation sites is 1. The molecule has 2 aromatic heterocycles. The predicted molar refractivity (Wildman–Crippen MR) is 126 cm³/mol. The zero-order chi connectivity index (χ0) is 25.2. The number of benzene rings is 1. The number of aromatic amines is 1. The Balaban J connectivity index is 1.53. The van der Waals surface area contributed by atoms with Crippen molar-refractivity contribution < 1.29 is 28.3 Å². The van der Waals surface area contributed by atoms with E-state index >= 15 is 0 Å². The molecule has 3 N–H and O–H groups in total. The van der Waals surface area contributed by atoms with Crippen molar-refractivity contribution in [3.05, 3.63) is 65.5 Å². The van der Waals surface area contributed by atoms with Crippen molar-refractivity contribution in [3.63, 3.8) is 0 Å². The molecule has 12 nitrogen and oxygen atoms in total. The molecule has 0 radical (unpaired) electrons. The van der Waals surface area contributed by atoms with E-state index in [1.54, 1.807) is 34.9 Å². The number of carbonyl (C=O) groups excluding carboxylic acids is 1. The number of aliphatic hydroxyl groups excluding tert-OH is 1. The SMILES string of the molecule is C=C1[C@H](COP(=O)(N[C@@H](C)C(=O)OC)Oc2ccccc2)[C@@H](O)C[C@@H]1n1cnc2c(=O)[nH]cnc21. The van der Waals surface area contributed by atoms with Crippen LogP contribution in [-0.4, -0.2) is 56.5 Å². The molecule has 1 saturated carbocycles. The number of imidazole rings is 1. The fourth-order valence-electron chi connectivity index (χ4n) is 4.00. The molecule has 0 amide bonds. The van der Waals surface area contributed by atoms with Gasteiger partial charge in [0.1, 0.15) is 11.8 Å².